The summed E-state index contributed by atoms with van der Waals surface area (Å²) in [5, 5.41) is 0. The number of halogens is 1. The fourth-order valence-electron chi connectivity index (χ4n) is 1.07. The Morgan fingerprint density at radius 3 is 2.83 bits per heavy atom. The van der Waals surface area contributed by atoms with Gasteiger partial charge in [-0.2, -0.15) is 0 Å². The van der Waals surface area contributed by atoms with Gasteiger partial charge in [-0.25, -0.2) is 4.57 Å². The lowest BCUT2D eigenvalue weighted by molar-refractivity contribution is -0.697. The first-order valence-electron chi connectivity index (χ1n) is 3.98. The van der Waals surface area contributed by atoms with E-state index >= 15 is 0 Å². The lowest BCUT2D eigenvalue weighted by atomic mass is 10.3. The summed E-state index contributed by atoms with van der Waals surface area (Å²) in [6, 6.07) is 4.16. The molecule has 1 heterocycles. The Morgan fingerprint density at radius 1 is 1.50 bits per heavy atom. The Kier molecular flexibility index (Phi) is 5.68. The van der Waals surface area contributed by atoms with Crippen molar-refractivity contribution in [2.45, 2.75) is 19.9 Å². The molecule has 0 saturated carbocycles. The van der Waals surface area contributed by atoms with Crippen LogP contribution < -0.4 is 22.7 Å². The molecule has 0 aliphatic carbocycles. The van der Waals surface area contributed by atoms with Gasteiger partial charge in [0.15, 0.2) is 12.4 Å². The molecular formula is C9H15ClN2. The molecule has 0 unspecified atom stereocenters. The number of aryl methyl sites for hydroxylation is 2. The van der Waals surface area contributed by atoms with Gasteiger partial charge in [-0.1, -0.05) is 0 Å². The number of pyridine rings is 1. The quantitative estimate of drug-likeness (QED) is 0.526. The zero-order chi connectivity index (χ0) is 8.10. The minimum absolute atomic E-state index is 0. The largest absolute Gasteiger partial charge is 1.00 e. The van der Waals surface area contributed by atoms with Crippen LogP contribution in [-0.2, 0) is 6.54 Å². The summed E-state index contributed by atoms with van der Waals surface area (Å²) in [5.41, 5.74) is 6.70. The molecule has 2 N–H and O–H groups in total. The highest BCUT2D eigenvalue weighted by molar-refractivity contribution is 5.01. The average molecular weight is 187 g/mol. The van der Waals surface area contributed by atoms with Crippen LogP contribution in [0.3, 0.4) is 0 Å². The van der Waals surface area contributed by atoms with Crippen molar-refractivity contribution in [1.82, 2.24) is 0 Å². The van der Waals surface area contributed by atoms with E-state index in [1.807, 2.05) is 0 Å². The molecule has 3 heteroatoms. The second-order valence-corrected chi connectivity index (χ2v) is 2.76. The van der Waals surface area contributed by atoms with Crippen molar-refractivity contribution in [2.24, 2.45) is 5.73 Å². The number of hydrogen-bond donors (Lipinski definition) is 1. The Labute approximate surface area is 79.8 Å². The molecule has 0 spiro atoms. The first-order valence-corrected chi connectivity index (χ1v) is 3.98. The molecular weight excluding hydrogens is 172 g/mol. The highest BCUT2D eigenvalue weighted by Crippen LogP contribution is 1.89. The molecule has 0 aliphatic heterocycles. The molecule has 1 rings (SSSR count). The molecule has 1 aromatic heterocycles. The van der Waals surface area contributed by atoms with Gasteiger partial charge in [0.25, 0.3) is 0 Å². The van der Waals surface area contributed by atoms with Gasteiger partial charge in [-0.15, -0.1) is 0 Å². The average Bonchev–Trinajstić information content (AvgIpc) is 2.01. The van der Waals surface area contributed by atoms with Crippen molar-refractivity contribution in [3.05, 3.63) is 30.1 Å². The first-order chi connectivity index (χ1) is 5.33. The minimum atomic E-state index is 0. The van der Waals surface area contributed by atoms with Crippen LogP contribution in [0.4, 0.5) is 0 Å². The van der Waals surface area contributed by atoms with Gasteiger partial charge in [-0.3, -0.25) is 0 Å². The van der Waals surface area contributed by atoms with Gasteiger partial charge in [0.05, 0.1) is 0 Å². The number of aromatic nitrogens is 1. The maximum absolute atomic E-state index is 5.40. The molecule has 0 bridgehead atoms. The van der Waals surface area contributed by atoms with E-state index in [0.717, 1.165) is 19.5 Å². The fraction of sp³-hybridized carbons (Fsp3) is 0.444. The zero-order valence-corrected chi connectivity index (χ0v) is 8.09. The number of nitrogens with two attached hydrogens (primary N) is 1. The maximum atomic E-state index is 5.40. The van der Waals surface area contributed by atoms with Gasteiger partial charge in [0.2, 0.25) is 0 Å². The first kappa shape index (κ1) is 11.4. The van der Waals surface area contributed by atoms with E-state index in [-0.39, 0.29) is 12.4 Å². The van der Waals surface area contributed by atoms with Crippen molar-refractivity contribution < 1.29 is 17.0 Å². The molecule has 68 valence electrons. The molecule has 1 aromatic rings. The second kappa shape index (κ2) is 5.98. The number of hydrogen-bond acceptors (Lipinski definition) is 1. The highest BCUT2D eigenvalue weighted by Gasteiger charge is 1.97. The summed E-state index contributed by atoms with van der Waals surface area (Å²) in [7, 11) is 0. The van der Waals surface area contributed by atoms with Gasteiger partial charge >= 0.3 is 0 Å². The van der Waals surface area contributed by atoms with Crippen LogP contribution in [0.1, 0.15) is 12.0 Å². The molecule has 0 amide bonds. The van der Waals surface area contributed by atoms with E-state index in [2.05, 4.69) is 36.0 Å². The van der Waals surface area contributed by atoms with Crippen LogP contribution in [-0.4, -0.2) is 6.54 Å². The van der Waals surface area contributed by atoms with Crippen molar-refractivity contribution in [2.75, 3.05) is 6.54 Å². The fourth-order valence-corrected chi connectivity index (χ4v) is 1.07. The predicted molar refractivity (Wildman–Crippen MR) is 45.0 cm³/mol. The Hall–Kier alpha value is -0.600. The summed E-state index contributed by atoms with van der Waals surface area (Å²) < 4.78 is 2.17. The van der Waals surface area contributed by atoms with Crippen LogP contribution in [0, 0.1) is 6.92 Å². The molecule has 0 atom stereocenters. The minimum Gasteiger partial charge on any atom is -1.00 e. The third-order valence-electron chi connectivity index (χ3n) is 1.63. The molecule has 0 radical (unpaired) electrons. The SMILES string of the molecule is Cc1ccc[n+](CCCN)c1.[Cl-]. The summed E-state index contributed by atoms with van der Waals surface area (Å²) in [4.78, 5) is 0. The van der Waals surface area contributed by atoms with Gasteiger partial charge in [-0.05, 0) is 19.5 Å². The number of nitrogens with zero attached hydrogens (tertiary/aromatic N) is 1. The van der Waals surface area contributed by atoms with Crippen molar-refractivity contribution in [3.63, 3.8) is 0 Å². The standard InChI is InChI=1S/C9H15N2.ClH/c1-9-4-2-6-11(8-9)7-3-5-10;/h2,4,6,8H,3,5,7,10H2,1H3;1H/q+1;/p-1. The van der Waals surface area contributed by atoms with Crippen molar-refractivity contribution >= 4 is 0 Å². The van der Waals surface area contributed by atoms with E-state index < -0.39 is 0 Å². The molecule has 0 aliphatic rings. The summed E-state index contributed by atoms with van der Waals surface area (Å²) in [6.07, 6.45) is 5.26. The second-order valence-electron chi connectivity index (χ2n) is 2.76. The Morgan fingerprint density at radius 2 is 2.25 bits per heavy atom. The van der Waals surface area contributed by atoms with E-state index in [1.165, 1.54) is 5.56 Å². The van der Waals surface area contributed by atoms with Crippen molar-refractivity contribution in [3.8, 4) is 0 Å². The van der Waals surface area contributed by atoms with E-state index in [9.17, 15) is 0 Å². The van der Waals surface area contributed by atoms with Crippen LogP contribution in [0.15, 0.2) is 24.5 Å². The third kappa shape index (κ3) is 3.69. The van der Waals surface area contributed by atoms with Crippen LogP contribution in [0.25, 0.3) is 0 Å². The molecule has 0 fully saturated rings. The monoisotopic (exact) mass is 186 g/mol. The molecule has 12 heavy (non-hydrogen) atoms. The van der Waals surface area contributed by atoms with Crippen LogP contribution >= 0.6 is 0 Å². The zero-order valence-electron chi connectivity index (χ0n) is 7.33. The van der Waals surface area contributed by atoms with Gasteiger partial charge in [0.1, 0.15) is 6.54 Å². The topological polar surface area (TPSA) is 29.9 Å². The van der Waals surface area contributed by atoms with E-state index in [1.54, 1.807) is 0 Å². The lowest BCUT2D eigenvalue weighted by Crippen LogP contribution is -3.00. The normalized spacial score (nSPS) is 9.17. The number of rotatable bonds is 3. The Balaban J connectivity index is 0.00000121. The summed E-state index contributed by atoms with van der Waals surface area (Å²) >= 11 is 0. The Bertz CT molecular complexity index is 226. The molecule has 2 nitrogen and oxygen atoms in total. The van der Waals surface area contributed by atoms with Gasteiger partial charge in [0, 0.05) is 18.1 Å². The highest BCUT2D eigenvalue weighted by atomic mass is 35.5. The van der Waals surface area contributed by atoms with Gasteiger partial charge < -0.3 is 18.1 Å². The summed E-state index contributed by atoms with van der Waals surface area (Å²) in [6.45, 7) is 3.89. The molecule has 0 aromatic carbocycles. The van der Waals surface area contributed by atoms with Crippen molar-refractivity contribution in [1.29, 1.82) is 0 Å². The summed E-state index contributed by atoms with van der Waals surface area (Å²) in [5.74, 6) is 0. The lowest BCUT2D eigenvalue weighted by Gasteiger charge is -1.94. The van der Waals surface area contributed by atoms with E-state index in [0.29, 0.717) is 0 Å². The predicted octanol–water partition coefficient (Wildman–Crippen LogP) is -2.36. The van der Waals surface area contributed by atoms with E-state index in [4.69, 9.17) is 5.73 Å². The maximum Gasteiger partial charge on any atom is 0.171 e. The van der Waals surface area contributed by atoms with Crippen LogP contribution in [0.2, 0.25) is 0 Å². The smallest absolute Gasteiger partial charge is 0.171 e. The van der Waals surface area contributed by atoms with Crippen LogP contribution in [0.5, 0.6) is 0 Å². The third-order valence-corrected chi connectivity index (χ3v) is 1.63. The molecule has 0 saturated heterocycles.